The molecule has 0 unspecified atom stereocenters. The third-order valence-electron chi connectivity index (χ3n) is 4.25. The molecule has 1 aliphatic heterocycles. The Morgan fingerprint density at radius 1 is 0.714 bits per heavy atom. The van der Waals surface area contributed by atoms with Crippen molar-refractivity contribution >= 4 is 34.4 Å². The molecule has 0 atom stereocenters. The van der Waals surface area contributed by atoms with Gasteiger partial charge < -0.3 is 5.11 Å². The summed E-state index contributed by atoms with van der Waals surface area (Å²) in [6.45, 7) is 0. The van der Waals surface area contributed by atoms with Gasteiger partial charge in [-0.25, -0.2) is 9.98 Å². The van der Waals surface area contributed by atoms with Crippen LogP contribution in [-0.2, 0) is 0 Å². The molecule has 0 bridgehead atoms. The van der Waals surface area contributed by atoms with Crippen molar-refractivity contribution in [2.75, 3.05) is 0 Å². The van der Waals surface area contributed by atoms with Crippen LogP contribution in [0, 0.1) is 0 Å². The van der Waals surface area contributed by atoms with Crippen molar-refractivity contribution in [1.29, 1.82) is 0 Å². The van der Waals surface area contributed by atoms with Crippen LogP contribution in [0.5, 0.6) is 5.75 Å². The molecule has 0 aromatic heterocycles. The first-order valence-electron chi connectivity index (χ1n) is 8.73. The number of phenolic OH excluding ortho intramolecular Hbond substituents is 1. The number of azo groups is 1. The second-order valence-electron chi connectivity index (χ2n) is 6.12. The molecule has 3 aromatic rings. The van der Waals surface area contributed by atoms with E-state index in [1.165, 1.54) is 0 Å². The Bertz CT molecular complexity index is 1030. The number of phenols is 1. The molecule has 1 aliphatic rings. The molecule has 28 heavy (non-hydrogen) atoms. The van der Waals surface area contributed by atoms with Gasteiger partial charge in [-0.3, -0.25) is 0 Å². The predicted molar refractivity (Wildman–Crippen MR) is 115 cm³/mol. The Hall–Kier alpha value is -3.51. The van der Waals surface area contributed by atoms with E-state index in [0.29, 0.717) is 17.1 Å². The van der Waals surface area contributed by atoms with Gasteiger partial charge in [-0.15, -0.1) is 0 Å². The van der Waals surface area contributed by atoms with Gasteiger partial charge in [0.2, 0.25) is 5.11 Å². The lowest BCUT2D eigenvalue weighted by Gasteiger charge is -2.21. The second kappa shape index (κ2) is 8.02. The monoisotopic (exact) mass is 384 g/mol. The number of para-hydroxylation sites is 1. The summed E-state index contributed by atoms with van der Waals surface area (Å²) >= 11 is 5.32. The van der Waals surface area contributed by atoms with E-state index < -0.39 is 6.04 Å². The highest BCUT2D eigenvalue weighted by molar-refractivity contribution is 7.80. The number of nitrogens with zero attached hydrogens (tertiary/aromatic N) is 4. The lowest BCUT2D eigenvalue weighted by molar-refractivity contribution is 0.476. The summed E-state index contributed by atoms with van der Waals surface area (Å²) < 4.78 is 0. The zero-order valence-corrected chi connectivity index (χ0v) is 15.6. The first-order chi connectivity index (χ1) is 13.7. The van der Waals surface area contributed by atoms with Gasteiger partial charge in [-0.05, 0) is 35.5 Å². The quantitative estimate of drug-likeness (QED) is 0.501. The van der Waals surface area contributed by atoms with Gasteiger partial charge in [-0.1, -0.05) is 72.8 Å². The molecular formula is C22H16N4OS. The number of hydrogen-bond donors (Lipinski definition) is 1. The lowest BCUT2D eigenvalue weighted by atomic mass is 9.94. The second-order valence-corrected chi connectivity index (χ2v) is 6.48. The van der Waals surface area contributed by atoms with Crippen molar-refractivity contribution < 1.29 is 5.11 Å². The minimum atomic E-state index is -0.545. The molecule has 0 fully saturated rings. The summed E-state index contributed by atoms with van der Waals surface area (Å²) in [6.07, 6.45) is 0. The van der Waals surface area contributed by atoms with Crippen LogP contribution in [0.3, 0.4) is 0 Å². The molecule has 3 aromatic carbocycles. The van der Waals surface area contributed by atoms with Crippen LogP contribution in [0.2, 0.25) is 0 Å². The normalized spacial score (nSPS) is 14.8. The highest BCUT2D eigenvalue weighted by Gasteiger charge is 2.29. The van der Waals surface area contributed by atoms with E-state index in [-0.39, 0.29) is 10.9 Å². The summed E-state index contributed by atoms with van der Waals surface area (Å²) in [5, 5.41) is 19.1. The Morgan fingerprint density at radius 3 is 1.75 bits per heavy atom. The molecule has 136 valence electrons. The molecule has 0 aliphatic carbocycles. The van der Waals surface area contributed by atoms with Crippen LogP contribution in [0.25, 0.3) is 0 Å². The van der Waals surface area contributed by atoms with Gasteiger partial charge in [0.1, 0.15) is 11.4 Å². The molecule has 0 spiro atoms. The Balaban J connectivity index is 1.81. The van der Waals surface area contributed by atoms with Crippen LogP contribution in [0.4, 0.5) is 5.69 Å². The van der Waals surface area contributed by atoms with Gasteiger partial charge in [-0.2, -0.15) is 10.2 Å². The number of benzene rings is 3. The Morgan fingerprint density at radius 2 is 1.21 bits per heavy atom. The molecule has 4 rings (SSSR count). The topological polar surface area (TPSA) is 69.7 Å². The molecule has 0 amide bonds. The summed E-state index contributed by atoms with van der Waals surface area (Å²) in [5.74, 6) is 0.0639. The Labute approximate surface area is 167 Å². The molecule has 1 heterocycles. The van der Waals surface area contributed by atoms with Crippen LogP contribution in [0.15, 0.2) is 105 Å². The van der Waals surface area contributed by atoms with Gasteiger partial charge in [0, 0.05) is 0 Å². The third-order valence-corrected chi connectivity index (χ3v) is 4.43. The lowest BCUT2D eigenvalue weighted by Crippen LogP contribution is -2.34. The predicted octanol–water partition coefficient (Wildman–Crippen LogP) is 5.12. The van der Waals surface area contributed by atoms with Gasteiger partial charge in [0.05, 0.1) is 11.4 Å². The fourth-order valence-electron chi connectivity index (χ4n) is 2.92. The Kier molecular flexibility index (Phi) is 5.12. The summed E-state index contributed by atoms with van der Waals surface area (Å²) in [6, 6.07) is 25.7. The minimum Gasteiger partial charge on any atom is -0.506 e. The molecule has 6 heteroatoms. The first kappa shape index (κ1) is 17.9. The summed E-state index contributed by atoms with van der Waals surface area (Å²) in [4.78, 5) is 8.98. The molecular weight excluding hydrogens is 368 g/mol. The standard InChI is InChI=1S/C22H16N4OS/c27-18-14-8-7-13-17(18)25-26-21-19(15-9-3-1-4-10-15)23-22(28)24-20(21)16-11-5-2-6-12-16/h1-14,21,27H. The van der Waals surface area contributed by atoms with Crippen molar-refractivity contribution in [2.45, 2.75) is 6.04 Å². The maximum atomic E-state index is 10.0. The number of rotatable bonds is 4. The van der Waals surface area contributed by atoms with Crippen molar-refractivity contribution in [3.63, 3.8) is 0 Å². The highest BCUT2D eigenvalue weighted by Crippen LogP contribution is 2.27. The van der Waals surface area contributed by atoms with E-state index in [9.17, 15) is 5.11 Å². The molecule has 0 saturated heterocycles. The fourth-order valence-corrected chi connectivity index (χ4v) is 3.12. The van der Waals surface area contributed by atoms with E-state index in [1.54, 1.807) is 24.3 Å². The summed E-state index contributed by atoms with van der Waals surface area (Å²) in [7, 11) is 0. The average Bonchev–Trinajstić information content (AvgIpc) is 2.74. The van der Waals surface area contributed by atoms with E-state index in [1.807, 2.05) is 60.7 Å². The van der Waals surface area contributed by atoms with Crippen LogP contribution in [-0.4, -0.2) is 27.7 Å². The van der Waals surface area contributed by atoms with Crippen molar-refractivity contribution in [2.24, 2.45) is 20.2 Å². The van der Waals surface area contributed by atoms with Crippen LogP contribution < -0.4 is 0 Å². The molecule has 1 N–H and O–H groups in total. The SMILES string of the molecule is Oc1ccccc1N=NC1C(c2ccccc2)=NC(=S)N=C1c1ccccc1. The first-order valence-corrected chi connectivity index (χ1v) is 9.14. The maximum Gasteiger partial charge on any atom is 0.219 e. The van der Waals surface area contributed by atoms with Crippen molar-refractivity contribution in [3.8, 4) is 5.75 Å². The smallest absolute Gasteiger partial charge is 0.219 e. The minimum absolute atomic E-state index is 0.0639. The third kappa shape index (κ3) is 3.77. The van der Waals surface area contributed by atoms with E-state index >= 15 is 0 Å². The van der Waals surface area contributed by atoms with Gasteiger partial charge in [0.15, 0.2) is 6.04 Å². The van der Waals surface area contributed by atoms with Crippen LogP contribution in [0.1, 0.15) is 11.1 Å². The van der Waals surface area contributed by atoms with Crippen molar-refractivity contribution in [1.82, 2.24) is 0 Å². The number of thiocarbonyl (C=S) groups is 1. The van der Waals surface area contributed by atoms with E-state index in [0.717, 1.165) is 11.1 Å². The van der Waals surface area contributed by atoms with E-state index in [4.69, 9.17) is 12.2 Å². The van der Waals surface area contributed by atoms with E-state index in [2.05, 4.69) is 20.2 Å². The number of hydrogen-bond acceptors (Lipinski definition) is 4. The van der Waals surface area contributed by atoms with Gasteiger partial charge >= 0.3 is 0 Å². The number of aliphatic imine (C=N–C) groups is 2. The average molecular weight is 384 g/mol. The zero-order valence-electron chi connectivity index (χ0n) is 14.8. The van der Waals surface area contributed by atoms with Crippen LogP contribution >= 0.6 is 12.2 Å². The summed E-state index contributed by atoms with van der Waals surface area (Å²) in [5.41, 5.74) is 3.54. The molecule has 0 saturated carbocycles. The highest BCUT2D eigenvalue weighted by atomic mass is 32.1. The van der Waals surface area contributed by atoms with Gasteiger partial charge in [0.25, 0.3) is 0 Å². The molecule has 5 nitrogen and oxygen atoms in total. The fraction of sp³-hybridized carbons (Fsp3) is 0.0455. The largest absolute Gasteiger partial charge is 0.506 e. The molecule has 0 radical (unpaired) electrons. The van der Waals surface area contributed by atoms with Crippen molar-refractivity contribution in [3.05, 3.63) is 96.1 Å². The maximum absolute atomic E-state index is 10.0. The zero-order chi connectivity index (χ0) is 19.3. The number of aromatic hydroxyl groups is 1.